The van der Waals surface area contributed by atoms with Gasteiger partial charge in [0.05, 0.1) is 19.6 Å². The summed E-state index contributed by atoms with van der Waals surface area (Å²) in [7, 11) is 1.92. The van der Waals surface area contributed by atoms with E-state index >= 15 is 0 Å². The number of aromatic hydroxyl groups is 1. The van der Waals surface area contributed by atoms with E-state index in [1.54, 1.807) is 6.07 Å². The van der Waals surface area contributed by atoms with Gasteiger partial charge in [0.15, 0.2) is 0 Å². The molecule has 1 saturated heterocycles. The van der Waals surface area contributed by atoms with Gasteiger partial charge >= 0.3 is 0 Å². The van der Waals surface area contributed by atoms with Crippen molar-refractivity contribution in [2.24, 2.45) is 11.8 Å². The van der Waals surface area contributed by atoms with Gasteiger partial charge in [-0.25, -0.2) is 0 Å². The Bertz CT molecular complexity index is 1140. The number of nitrogens with one attached hydrogen (secondary N) is 1. The maximum absolute atomic E-state index is 13.1. The Kier molecular flexibility index (Phi) is 9.45. The smallest absolute Gasteiger partial charge is 0.220 e. The second-order valence-electron chi connectivity index (χ2n) is 14.1. The average Bonchev–Trinajstić information content (AvgIpc) is 3.77. The van der Waals surface area contributed by atoms with Crippen LogP contribution in [-0.4, -0.2) is 60.4 Å². The molecule has 0 aromatic heterocycles. The SMILES string of the molecule is COC12CC[C@@H](NC(=O)CCCCCc3ccccc3)C[C@@]1(c1cccc(O)c1)CC[N@+](CC(C)C)(CC1CC1)C2. The van der Waals surface area contributed by atoms with Crippen molar-refractivity contribution in [1.82, 2.24) is 5.32 Å². The number of hydrogen-bond donors (Lipinski definition) is 2. The molecule has 0 bridgehead atoms. The molecule has 224 valence electrons. The summed E-state index contributed by atoms with van der Waals surface area (Å²) < 4.78 is 7.84. The first-order valence-corrected chi connectivity index (χ1v) is 16.3. The van der Waals surface area contributed by atoms with E-state index in [4.69, 9.17) is 4.74 Å². The van der Waals surface area contributed by atoms with Crippen molar-refractivity contribution < 1.29 is 19.1 Å². The monoisotopic (exact) mass is 561 g/mol. The molecule has 1 amide bonds. The third-order valence-electron chi connectivity index (χ3n) is 10.4. The number of carbonyl (C=O) groups excluding carboxylic acids is 1. The lowest BCUT2D eigenvalue weighted by molar-refractivity contribution is -0.945. The lowest BCUT2D eigenvalue weighted by atomic mass is 9.54. The van der Waals surface area contributed by atoms with E-state index in [0.717, 1.165) is 74.9 Å². The summed E-state index contributed by atoms with van der Waals surface area (Å²) in [6.07, 6.45) is 11.3. The number of benzene rings is 2. The Hall–Kier alpha value is -2.37. The van der Waals surface area contributed by atoms with E-state index < -0.39 is 0 Å². The number of fused-ring (bicyclic) bond motifs is 1. The Morgan fingerprint density at radius 3 is 2.56 bits per heavy atom. The molecule has 1 heterocycles. The molecule has 5 rings (SSSR count). The van der Waals surface area contributed by atoms with Crippen molar-refractivity contribution in [1.29, 1.82) is 0 Å². The molecule has 2 aromatic carbocycles. The molecular formula is C36H53N2O3+. The first-order valence-electron chi connectivity index (χ1n) is 16.3. The van der Waals surface area contributed by atoms with E-state index in [0.29, 0.717) is 18.1 Å². The van der Waals surface area contributed by atoms with Crippen LogP contribution in [0.15, 0.2) is 54.6 Å². The van der Waals surface area contributed by atoms with Crippen molar-refractivity contribution in [2.45, 2.75) is 102 Å². The molecule has 3 fully saturated rings. The lowest BCUT2D eigenvalue weighted by Gasteiger charge is -2.62. The van der Waals surface area contributed by atoms with Crippen molar-refractivity contribution in [3.63, 3.8) is 0 Å². The van der Waals surface area contributed by atoms with E-state index in [9.17, 15) is 9.90 Å². The summed E-state index contributed by atoms with van der Waals surface area (Å²) in [5.41, 5.74) is 2.02. The molecule has 0 radical (unpaired) electrons. The fourth-order valence-electron chi connectivity index (χ4n) is 8.52. The highest BCUT2D eigenvalue weighted by Gasteiger charge is 2.63. The zero-order valence-corrected chi connectivity index (χ0v) is 25.7. The number of rotatable bonds is 13. The van der Waals surface area contributed by atoms with Gasteiger partial charge in [-0.2, -0.15) is 0 Å². The number of piperidine rings is 1. The molecule has 41 heavy (non-hydrogen) atoms. The van der Waals surface area contributed by atoms with Crippen molar-refractivity contribution >= 4 is 5.91 Å². The summed E-state index contributed by atoms with van der Waals surface area (Å²) in [6, 6.07) is 18.6. The Morgan fingerprint density at radius 1 is 1.05 bits per heavy atom. The first-order chi connectivity index (χ1) is 19.8. The van der Waals surface area contributed by atoms with Gasteiger partial charge < -0.3 is 19.6 Å². The lowest BCUT2D eigenvalue weighted by Crippen LogP contribution is -2.73. The molecule has 0 spiro atoms. The molecule has 1 unspecified atom stereocenters. The molecular weight excluding hydrogens is 508 g/mol. The number of nitrogens with zero attached hydrogens (tertiary/aromatic N) is 1. The molecule has 2 N–H and O–H groups in total. The van der Waals surface area contributed by atoms with Gasteiger partial charge in [0.1, 0.15) is 17.9 Å². The van der Waals surface area contributed by atoms with Crippen LogP contribution in [0.2, 0.25) is 0 Å². The molecule has 5 nitrogen and oxygen atoms in total. The number of aryl methyl sites for hydroxylation is 1. The normalized spacial score (nSPS) is 29.7. The highest BCUT2D eigenvalue weighted by atomic mass is 16.5. The Balaban J connectivity index is 1.28. The predicted molar refractivity (Wildman–Crippen MR) is 166 cm³/mol. The van der Waals surface area contributed by atoms with Crippen LogP contribution in [0, 0.1) is 11.8 Å². The molecule has 2 saturated carbocycles. The molecule has 3 aliphatic rings. The van der Waals surface area contributed by atoms with Gasteiger partial charge in [-0.15, -0.1) is 0 Å². The highest BCUT2D eigenvalue weighted by Crippen LogP contribution is 2.56. The quantitative estimate of drug-likeness (QED) is 0.210. The number of methoxy groups -OCH3 is 1. The number of carbonyl (C=O) groups is 1. The maximum atomic E-state index is 13.1. The van der Waals surface area contributed by atoms with Crippen LogP contribution in [0.1, 0.15) is 89.2 Å². The van der Waals surface area contributed by atoms with Crippen LogP contribution in [0.5, 0.6) is 5.75 Å². The number of likely N-dealkylation sites (tertiary alicyclic amines) is 1. The van der Waals surface area contributed by atoms with Crippen LogP contribution in [0.25, 0.3) is 0 Å². The summed E-state index contributed by atoms with van der Waals surface area (Å²) in [5.74, 6) is 1.99. The van der Waals surface area contributed by atoms with Gasteiger partial charge in [0.25, 0.3) is 0 Å². The molecule has 4 atom stereocenters. The average molecular weight is 562 g/mol. The van der Waals surface area contributed by atoms with Gasteiger partial charge in [-0.3, -0.25) is 4.79 Å². The van der Waals surface area contributed by atoms with Gasteiger partial charge in [-0.1, -0.05) is 62.7 Å². The standard InChI is InChI=1S/C36H52N2O3/c1-28(2)25-38(26-30-17-18-30)22-21-35(31-14-10-15-33(39)23-31)24-32(19-20-36(35,27-38)41-3)37-34(40)16-9-5-8-13-29-11-6-4-7-12-29/h4,6-7,10-12,14-15,23,28,30,32H,5,8-9,13,16-22,24-27H2,1-3H3,(H-,37,39,40)/p+1/t32-,35-,36?,38+/m1/s1. The second kappa shape index (κ2) is 12.9. The summed E-state index contributed by atoms with van der Waals surface area (Å²) in [4.78, 5) is 13.1. The Labute approximate surface area is 248 Å². The van der Waals surface area contributed by atoms with Crippen molar-refractivity contribution in [2.75, 3.05) is 33.3 Å². The summed E-state index contributed by atoms with van der Waals surface area (Å²) in [5, 5.41) is 14.0. The topological polar surface area (TPSA) is 58.6 Å². The van der Waals surface area contributed by atoms with Crippen LogP contribution in [-0.2, 0) is 21.4 Å². The van der Waals surface area contributed by atoms with Gasteiger partial charge in [0.2, 0.25) is 5.91 Å². The zero-order valence-electron chi connectivity index (χ0n) is 25.7. The number of phenols is 1. The molecule has 5 heteroatoms. The summed E-state index contributed by atoms with van der Waals surface area (Å²) in [6.45, 7) is 9.34. The predicted octanol–water partition coefficient (Wildman–Crippen LogP) is 6.77. The van der Waals surface area contributed by atoms with Crippen molar-refractivity contribution in [3.8, 4) is 5.75 Å². The van der Waals surface area contributed by atoms with Gasteiger partial charge in [-0.05, 0) is 74.6 Å². The van der Waals surface area contributed by atoms with Crippen molar-refractivity contribution in [3.05, 3.63) is 65.7 Å². The van der Waals surface area contributed by atoms with E-state index in [2.05, 4.69) is 55.6 Å². The van der Waals surface area contributed by atoms with E-state index in [1.165, 1.54) is 37.1 Å². The number of unbranched alkanes of at least 4 members (excludes halogenated alkanes) is 2. The maximum Gasteiger partial charge on any atom is 0.220 e. The third-order valence-corrected chi connectivity index (χ3v) is 10.4. The zero-order chi connectivity index (χ0) is 28.9. The van der Waals surface area contributed by atoms with Crippen LogP contribution < -0.4 is 5.32 Å². The minimum absolute atomic E-state index is 0.131. The second-order valence-corrected chi connectivity index (χ2v) is 14.1. The number of amides is 1. The van der Waals surface area contributed by atoms with Crippen LogP contribution >= 0.6 is 0 Å². The van der Waals surface area contributed by atoms with E-state index in [-0.39, 0.29) is 23.0 Å². The minimum atomic E-state index is -0.304. The summed E-state index contributed by atoms with van der Waals surface area (Å²) >= 11 is 0. The highest BCUT2D eigenvalue weighted by molar-refractivity contribution is 5.76. The number of ether oxygens (including phenoxy) is 1. The fourth-order valence-corrected chi connectivity index (χ4v) is 8.52. The fraction of sp³-hybridized carbons (Fsp3) is 0.639. The van der Waals surface area contributed by atoms with E-state index in [1.807, 2.05) is 19.2 Å². The Morgan fingerprint density at radius 2 is 1.85 bits per heavy atom. The van der Waals surface area contributed by atoms with Crippen LogP contribution in [0.3, 0.4) is 0 Å². The number of phenolic OH excluding ortho intramolecular Hbond substituents is 1. The minimum Gasteiger partial charge on any atom is -0.508 e. The largest absolute Gasteiger partial charge is 0.508 e. The third kappa shape index (κ3) is 7.00. The molecule has 1 aliphatic heterocycles. The first kappa shape index (κ1) is 30.1. The van der Waals surface area contributed by atoms with Crippen LogP contribution in [0.4, 0.5) is 0 Å². The molecule has 2 aromatic rings. The molecule has 2 aliphatic carbocycles. The number of quaternary nitrogens is 1. The van der Waals surface area contributed by atoms with Gasteiger partial charge in [0, 0.05) is 43.2 Å². The number of hydrogen-bond acceptors (Lipinski definition) is 3.